The summed E-state index contributed by atoms with van der Waals surface area (Å²) >= 11 is 0. The lowest BCUT2D eigenvalue weighted by molar-refractivity contribution is -0.143. The predicted octanol–water partition coefficient (Wildman–Crippen LogP) is 2.27. The summed E-state index contributed by atoms with van der Waals surface area (Å²) in [5.74, 6) is -0.699. The molecule has 15 heteroatoms. The Bertz CT molecular complexity index is 1020. The van der Waals surface area contributed by atoms with Crippen molar-refractivity contribution in [3.8, 4) is 0 Å². The lowest BCUT2D eigenvalue weighted by Gasteiger charge is -2.31. The van der Waals surface area contributed by atoms with E-state index in [9.17, 15) is 19.2 Å². The van der Waals surface area contributed by atoms with Crippen LogP contribution >= 0.6 is 24.8 Å². The van der Waals surface area contributed by atoms with Crippen LogP contribution in [0.5, 0.6) is 0 Å². The Hall–Kier alpha value is -3.29. The van der Waals surface area contributed by atoms with E-state index in [2.05, 4.69) is 27.9 Å². The van der Waals surface area contributed by atoms with Gasteiger partial charge in [0.05, 0.1) is 13.0 Å². The molecule has 2 saturated heterocycles. The molecule has 41 heavy (non-hydrogen) atoms. The molecule has 2 aliphatic rings. The van der Waals surface area contributed by atoms with Crippen LogP contribution in [0.1, 0.15) is 44.6 Å². The van der Waals surface area contributed by atoms with Gasteiger partial charge in [-0.2, -0.15) is 5.48 Å². The Balaban J connectivity index is 0.00000420. The topological polar surface area (TPSA) is 156 Å². The van der Waals surface area contributed by atoms with E-state index in [4.69, 9.17) is 15.0 Å². The minimum atomic E-state index is -0.681. The summed E-state index contributed by atoms with van der Waals surface area (Å²) in [7, 11) is 1.99. The molecule has 0 bridgehead atoms. The normalized spacial score (nSPS) is 16.6. The Morgan fingerprint density at radius 2 is 1.71 bits per heavy atom. The summed E-state index contributed by atoms with van der Waals surface area (Å²) in [5.41, 5.74) is 3.49. The van der Waals surface area contributed by atoms with Crippen LogP contribution in [0.25, 0.3) is 0 Å². The van der Waals surface area contributed by atoms with Crippen molar-refractivity contribution >= 4 is 60.3 Å². The highest BCUT2D eigenvalue weighted by molar-refractivity contribution is 6.02. The highest BCUT2D eigenvalue weighted by Gasteiger charge is 2.33. The second-order valence-electron chi connectivity index (χ2n) is 9.59. The zero-order valence-electron chi connectivity index (χ0n) is 23.5. The van der Waals surface area contributed by atoms with Crippen molar-refractivity contribution in [3.05, 3.63) is 29.8 Å². The van der Waals surface area contributed by atoms with Gasteiger partial charge in [-0.15, -0.1) is 24.8 Å². The Labute approximate surface area is 252 Å². The molecule has 2 heterocycles. The van der Waals surface area contributed by atoms with Gasteiger partial charge in [0.1, 0.15) is 6.04 Å². The van der Waals surface area contributed by atoms with Crippen LogP contribution in [0.3, 0.4) is 0 Å². The maximum Gasteiger partial charge on any atom is 0.434 e. The second kappa shape index (κ2) is 18.2. The van der Waals surface area contributed by atoms with Crippen molar-refractivity contribution in [2.75, 3.05) is 57.8 Å². The quantitative estimate of drug-likeness (QED) is 0.102. The van der Waals surface area contributed by atoms with Crippen LogP contribution in [0.4, 0.5) is 15.3 Å². The molecule has 2 aliphatic heterocycles. The molecule has 0 unspecified atom stereocenters. The summed E-state index contributed by atoms with van der Waals surface area (Å²) in [6.45, 7) is 5.65. The van der Waals surface area contributed by atoms with Gasteiger partial charge in [-0.3, -0.25) is 15.0 Å². The molecule has 3 rings (SSSR count). The highest BCUT2D eigenvalue weighted by atomic mass is 35.5. The van der Waals surface area contributed by atoms with Crippen LogP contribution in [0, 0.1) is 5.41 Å². The van der Waals surface area contributed by atoms with Crippen molar-refractivity contribution < 1.29 is 28.8 Å². The van der Waals surface area contributed by atoms with Gasteiger partial charge in [0.15, 0.2) is 5.84 Å². The first kappa shape index (κ1) is 35.7. The number of hydroxylamine groups is 1. The Morgan fingerprint density at radius 1 is 1.02 bits per heavy atom. The maximum absolute atomic E-state index is 12.9. The molecule has 0 saturated carbocycles. The number of ether oxygens (including phenoxy) is 1. The first-order chi connectivity index (χ1) is 18.8. The lowest BCUT2D eigenvalue weighted by Crippen LogP contribution is -2.48. The number of halogens is 2. The van der Waals surface area contributed by atoms with E-state index < -0.39 is 18.2 Å². The minimum Gasteiger partial charge on any atom is -0.466 e. The fourth-order valence-corrected chi connectivity index (χ4v) is 4.18. The zero-order valence-corrected chi connectivity index (χ0v) is 25.1. The van der Waals surface area contributed by atoms with Gasteiger partial charge in [-0.25, -0.2) is 9.59 Å². The lowest BCUT2D eigenvalue weighted by atomic mass is 10.2. The van der Waals surface area contributed by atoms with E-state index in [-0.39, 0.29) is 55.5 Å². The monoisotopic (exact) mass is 617 g/mol. The van der Waals surface area contributed by atoms with Crippen LogP contribution < -0.4 is 21.0 Å². The molecule has 0 radical (unpaired) electrons. The average molecular weight is 619 g/mol. The average Bonchev–Trinajstić information content (AvgIpc) is 3.29. The van der Waals surface area contributed by atoms with Gasteiger partial charge in [0.2, 0.25) is 5.91 Å². The van der Waals surface area contributed by atoms with E-state index in [0.29, 0.717) is 43.9 Å². The van der Waals surface area contributed by atoms with E-state index >= 15 is 0 Å². The molecule has 13 nitrogen and oxygen atoms in total. The molecular weight excluding hydrogens is 577 g/mol. The molecule has 2 fully saturated rings. The molecule has 1 atom stereocenters. The van der Waals surface area contributed by atoms with Crippen LogP contribution in [-0.2, 0) is 19.2 Å². The Kier molecular flexibility index (Phi) is 15.9. The third kappa shape index (κ3) is 11.2. The molecule has 1 aromatic rings. The van der Waals surface area contributed by atoms with Gasteiger partial charge in [-0.1, -0.05) is 19.8 Å². The van der Waals surface area contributed by atoms with E-state index in [1.165, 1.54) is 0 Å². The summed E-state index contributed by atoms with van der Waals surface area (Å²) in [6.07, 6.45) is 2.84. The highest BCUT2D eigenvalue weighted by Crippen LogP contribution is 2.22. The van der Waals surface area contributed by atoms with Gasteiger partial charge < -0.3 is 34.9 Å². The molecule has 0 aromatic heterocycles. The van der Waals surface area contributed by atoms with Crippen molar-refractivity contribution in [1.82, 2.24) is 25.9 Å². The van der Waals surface area contributed by atoms with Crippen molar-refractivity contribution in [3.63, 3.8) is 0 Å². The predicted molar refractivity (Wildman–Crippen MR) is 159 cm³/mol. The van der Waals surface area contributed by atoms with E-state index in [1.807, 2.05) is 7.05 Å². The number of nitrogens with one attached hydrogen (secondary N) is 4. The number of rotatable bonds is 10. The molecule has 4 N–H and O–H groups in total. The summed E-state index contributed by atoms with van der Waals surface area (Å²) in [5, 5.41) is 13.4. The van der Waals surface area contributed by atoms with Gasteiger partial charge >= 0.3 is 18.1 Å². The molecule has 0 spiro atoms. The number of hydrogen-bond acceptors (Lipinski definition) is 8. The largest absolute Gasteiger partial charge is 0.466 e. The summed E-state index contributed by atoms with van der Waals surface area (Å²) in [4.78, 5) is 59.2. The molecule has 4 amide bonds. The molecule has 0 aliphatic carbocycles. The summed E-state index contributed by atoms with van der Waals surface area (Å²) in [6, 6.07) is 5.49. The smallest absolute Gasteiger partial charge is 0.434 e. The van der Waals surface area contributed by atoms with E-state index in [1.54, 1.807) is 34.1 Å². The number of amides is 4. The first-order valence-corrected chi connectivity index (χ1v) is 13.4. The fraction of sp³-hybridized carbons (Fsp3) is 0.577. The zero-order chi connectivity index (χ0) is 28.2. The van der Waals surface area contributed by atoms with Crippen LogP contribution in [-0.4, -0.2) is 98.6 Å². The molecule has 1 aromatic carbocycles. The number of piperazine rings is 1. The fourth-order valence-electron chi connectivity index (χ4n) is 4.18. The first-order valence-electron chi connectivity index (χ1n) is 13.4. The number of anilines is 1. The van der Waals surface area contributed by atoms with Crippen molar-refractivity contribution in [2.45, 2.75) is 45.1 Å². The third-order valence-electron chi connectivity index (χ3n) is 6.61. The van der Waals surface area contributed by atoms with Gasteiger partial charge in [0.25, 0.3) is 0 Å². The number of likely N-dealkylation sites (N-methyl/N-ethyl adjacent to an activating group) is 1. The Morgan fingerprint density at radius 3 is 2.37 bits per heavy atom. The SMILES string of the molecule is CCCCCOC(=O)CCNC(=O)N[C@H]1CCN(c2ccc(C(=N)NOC(=O)N3CCN(C)CC3)cc2)C1=O.Cl.Cl. The van der Waals surface area contributed by atoms with Crippen molar-refractivity contribution in [1.29, 1.82) is 5.41 Å². The number of nitrogens with zero attached hydrogens (tertiary/aromatic N) is 3. The molecular formula is C26H41Cl2N7O6. The number of esters is 1. The number of unbranched alkanes of at least 4 members (excludes halogenated alkanes) is 2. The van der Waals surface area contributed by atoms with Crippen LogP contribution in [0.2, 0.25) is 0 Å². The number of carbonyl (C=O) groups is 4. The summed E-state index contributed by atoms with van der Waals surface area (Å²) < 4.78 is 5.10. The number of hydrogen-bond donors (Lipinski definition) is 4. The minimum absolute atomic E-state index is 0. The van der Waals surface area contributed by atoms with E-state index in [0.717, 1.165) is 32.4 Å². The van der Waals surface area contributed by atoms with Gasteiger partial charge in [-0.05, 0) is 44.2 Å². The van der Waals surface area contributed by atoms with Crippen LogP contribution in [0.15, 0.2) is 24.3 Å². The number of benzene rings is 1. The number of carbonyl (C=O) groups excluding carboxylic acids is 4. The standard InChI is InChI=1S/C26H39N7O6.2ClH/c1-3-4-5-18-38-22(34)10-12-28-25(36)29-21-11-13-33(24(21)35)20-8-6-19(7-9-20)23(27)30-39-26(37)32-16-14-31(2)15-17-32;;/h6-9,21H,3-5,10-18H2,1-2H3,(H2,27,30)(H2,28,29,36);2*1H/t21-;;/m0../s1. The van der Waals surface area contributed by atoms with Gasteiger partial charge in [0, 0.05) is 50.5 Å². The molecule has 230 valence electrons. The third-order valence-corrected chi connectivity index (χ3v) is 6.61. The maximum atomic E-state index is 12.9. The number of amidine groups is 1. The van der Waals surface area contributed by atoms with Crippen molar-refractivity contribution in [2.24, 2.45) is 0 Å². The second-order valence-corrected chi connectivity index (χ2v) is 9.59. The number of urea groups is 1.